The molecule has 0 radical (unpaired) electrons. The van der Waals surface area contributed by atoms with Crippen molar-refractivity contribution in [2.24, 2.45) is 11.3 Å². The molecule has 1 aromatic rings. The summed E-state index contributed by atoms with van der Waals surface area (Å²) in [6.07, 6.45) is -1.45. The second-order valence-corrected chi connectivity index (χ2v) is 13.1. The fraction of sp³-hybridized carbons (Fsp3) is 0.567. The molecule has 1 aliphatic heterocycles. The van der Waals surface area contributed by atoms with Crippen LogP contribution in [0.25, 0.3) is 0 Å². The summed E-state index contributed by atoms with van der Waals surface area (Å²) in [7, 11) is 0. The van der Waals surface area contributed by atoms with E-state index in [1.807, 2.05) is 0 Å². The lowest BCUT2D eigenvalue weighted by atomic mass is 9.85. The van der Waals surface area contributed by atoms with Crippen molar-refractivity contribution in [2.75, 3.05) is 11.9 Å². The van der Waals surface area contributed by atoms with Gasteiger partial charge in [0.05, 0.1) is 12.2 Å². The average molecular weight is 605 g/mol. The molecule has 1 heterocycles. The number of amides is 4. The number of carboxylic acids is 1. The maximum absolute atomic E-state index is 14.2. The minimum Gasteiger partial charge on any atom is -0.479 e. The molecular weight excluding hydrogens is 563 g/mol. The summed E-state index contributed by atoms with van der Waals surface area (Å²) in [6.45, 7) is 15.3. The highest BCUT2D eigenvalue weighted by atomic mass is 19.1. The Kier molecular flexibility index (Phi) is 9.47. The molecule has 12 nitrogen and oxygen atoms in total. The standard InChI is InChI=1S/C30H41FN4O8/c1-9-17-14-30(17,25(38)39)34-23(36)21-13-18(42-26(40)32-20-12-16(2)10-11-19(20)31)15-35(21)24(37)22(28(3,4)5)33-27(41)43-29(6,7)8/h9-12,17-18,21-22H,1,13-15H2,2-8H3,(H,32,40)(H,33,41)(H,34,36)(H,38,39)/t17?,18?,21-,22+,30?/m0/s1. The van der Waals surface area contributed by atoms with Gasteiger partial charge in [0.15, 0.2) is 0 Å². The highest BCUT2D eigenvalue weighted by Crippen LogP contribution is 2.45. The number of aryl methyl sites for hydroxylation is 1. The molecule has 0 spiro atoms. The summed E-state index contributed by atoms with van der Waals surface area (Å²) >= 11 is 0. The van der Waals surface area contributed by atoms with E-state index in [2.05, 4.69) is 22.5 Å². The van der Waals surface area contributed by atoms with E-state index in [0.29, 0.717) is 5.56 Å². The molecule has 1 aliphatic carbocycles. The average Bonchev–Trinajstić information content (AvgIpc) is 3.43. The Morgan fingerprint density at radius 2 is 1.79 bits per heavy atom. The molecule has 4 amide bonds. The highest BCUT2D eigenvalue weighted by Gasteiger charge is 2.61. The van der Waals surface area contributed by atoms with E-state index in [1.165, 1.54) is 24.3 Å². The summed E-state index contributed by atoms with van der Waals surface area (Å²) in [5, 5.41) is 17.3. The van der Waals surface area contributed by atoms with Crippen molar-refractivity contribution in [2.45, 2.75) is 90.6 Å². The molecule has 5 atom stereocenters. The number of hydrogen-bond donors (Lipinski definition) is 4. The number of carbonyl (C=O) groups is 5. The van der Waals surface area contributed by atoms with Crippen molar-refractivity contribution in [3.05, 3.63) is 42.2 Å². The van der Waals surface area contributed by atoms with Crippen LogP contribution in [0.15, 0.2) is 30.9 Å². The summed E-state index contributed by atoms with van der Waals surface area (Å²) in [5.74, 6) is -3.84. The van der Waals surface area contributed by atoms with E-state index in [1.54, 1.807) is 48.5 Å². The monoisotopic (exact) mass is 604 g/mol. The van der Waals surface area contributed by atoms with Gasteiger partial charge in [-0.25, -0.2) is 18.8 Å². The predicted octanol–water partition coefficient (Wildman–Crippen LogP) is 3.74. The number of nitrogens with zero attached hydrogens (tertiary/aromatic N) is 1. The topological polar surface area (TPSA) is 163 Å². The predicted molar refractivity (Wildman–Crippen MR) is 155 cm³/mol. The highest BCUT2D eigenvalue weighted by molar-refractivity contribution is 5.96. The van der Waals surface area contributed by atoms with Crippen LogP contribution in [0.1, 0.15) is 59.9 Å². The zero-order valence-electron chi connectivity index (χ0n) is 25.6. The SMILES string of the molecule is C=CC1CC1(NC(=O)[C@@H]1CC(OC(=O)Nc2cc(C)ccc2F)CN1C(=O)[C@@H](NC(=O)OC(C)(C)C)C(C)(C)C)C(=O)O. The van der Waals surface area contributed by atoms with Crippen molar-refractivity contribution in [3.8, 4) is 0 Å². The van der Waals surface area contributed by atoms with Crippen molar-refractivity contribution in [1.82, 2.24) is 15.5 Å². The van der Waals surface area contributed by atoms with Crippen LogP contribution in [-0.4, -0.2) is 75.8 Å². The zero-order valence-corrected chi connectivity index (χ0v) is 25.6. The van der Waals surface area contributed by atoms with Crippen LogP contribution in [0.5, 0.6) is 0 Å². The number of nitrogens with one attached hydrogen (secondary N) is 3. The van der Waals surface area contributed by atoms with Crippen LogP contribution in [-0.2, 0) is 23.9 Å². The van der Waals surface area contributed by atoms with Gasteiger partial charge in [-0.3, -0.25) is 14.9 Å². The van der Waals surface area contributed by atoms with E-state index in [4.69, 9.17) is 9.47 Å². The lowest BCUT2D eigenvalue weighted by Gasteiger charge is -2.35. The molecule has 43 heavy (non-hydrogen) atoms. The van der Waals surface area contributed by atoms with Crippen molar-refractivity contribution >= 4 is 35.7 Å². The summed E-state index contributed by atoms with van der Waals surface area (Å²) in [6, 6.07) is 1.74. The van der Waals surface area contributed by atoms with Gasteiger partial charge in [-0.2, -0.15) is 0 Å². The molecule has 1 aromatic carbocycles. The number of aliphatic carboxylic acids is 1. The van der Waals surface area contributed by atoms with Crippen LogP contribution < -0.4 is 16.0 Å². The Hall–Kier alpha value is -4.16. The van der Waals surface area contributed by atoms with E-state index in [-0.39, 0.29) is 25.1 Å². The molecule has 236 valence electrons. The number of alkyl carbamates (subject to hydrolysis) is 1. The smallest absolute Gasteiger partial charge is 0.412 e. The number of likely N-dealkylation sites (tertiary alicyclic amines) is 1. The first-order chi connectivity index (χ1) is 19.8. The lowest BCUT2D eigenvalue weighted by Crippen LogP contribution is -2.59. The van der Waals surface area contributed by atoms with Gasteiger partial charge in [-0.15, -0.1) is 6.58 Å². The van der Waals surface area contributed by atoms with Gasteiger partial charge in [0.1, 0.15) is 35.1 Å². The molecule has 1 saturated heterocycles. The molecule has 3 unspecified atom stereocenters. The minimum absolute atomic E-state index is 0.104. The number of rotatable bonds is 8. The van der Waals surface area contributed by atoms with Gasteiger partial charge in [0.2, 0.25) is 11.8 Å². The first-order valence-corrected chi connectivity index (χ1v) is 14.0. The fourth-order valence-electron chi connectivity index (χ4n) is 4.96. The van der Waals surface area contributed by atoms with Crippen molar-refractivity contribution in [1.29, 1.82) is 0 Å². The Morgan fingerprint density at radius 1 is 1.14 bits per heavy atom. The maximum Gasteiger partial charge on any atom is 0.412 e. The molecule has 4 N–H and O–H groups in total. The first kappa shape index (κ1) is 33.3. The third-order valence-electron chi connectivity index (χ3n) is 7.28. The Morgan fingerprint density at radius 3 is 2.33 bits per heavy atom. The Labute approximate surface area is 250 Å². The second kappa shape index (κ2) is 12.2. The molecule has 2 fully saturated rings. The number of hydrogen-bond acceptors (Lipinski definition) is 7. The normalized spacial score (nSPS) is 23.9. The molecule has 1 saturated carbocycles. The summed E-state index contributed by atoms with van der Waals surface area (Å²) < 4.78 is 25.0. The van der Waals surface area contributed by atoms with E-state index in [0.717, 1.165) is 4.90 Å². The van der Waals surface area contributed by atoms with Gasteiger partial charge in [-0.1, -0.05) is 32.9 Å². The molecule has 0 bridgehead atoms. The van der Waals surface area contributed by atoms with E-state index >= 15 is 0 Å². The quantitative estimate of drug-likeness (QED) is 0.326. The zero-order chi connectivity index (χ0) is 32.5. The van der Waals surface area contributed by atoms with Crippen molar-refractivity contribution in [3.63, 3.8) is 0 Å². The van der Waals surface area contributed by atoms with E-state index < -0.39 is 76.4 Å². The summed E-state index contributed by atoms with van der Waals surface area (Å²) in [5.41, 5.74) is -2.66. The van der Waals surface area contributed by atoms with Gasteiger partial charge < -0.3 is 30.1 Å². The minimum atomic E-state index is -1.56. The molecular formula is C30H41FN4O8. The van der Waals surface area contributed by atoms with Crippen LogP contribution >= 0.6 is 0 Å². The largest absolute Gasteiger partial charge is 0.479 e. The molecule has 0 aromatic heterocycles. The number of benzene rings is 1. The molecule has 3 rings (SSSR count). The van der Waals surface area contributed by atoms with Crippen LogP contribution in [0.2, 0.25) is 0 Å². The number of carbonyl (C=O) groups excluding carboxylic acids is 4. The fourth-order valence-corrected chi connectivity index (χ4v) is 4.96. The molecule has 2 aliphatic rings. The Bertz CT molecular complexity index is 1300. The Balaban J connectivity index is 1.87. The third-order valence-corrected chi connectivity index (χ3v) is 7.28. The van der Waals surface area contributed by atoms with Crippen molar-refractivity contribution < 1.29 is 42.9 Å². The number of ether oxygens (including phenoxy) is 2. The maximum atomic E-state index is 14.2. The van der Waals surface area contributed by atoms with Crippen LogP contribution in [0, 0.1) is 24.1 Å². The third kappa shape index (κ3) is 8.02. The second-order valence-electron chi connectivity index (χ2n) is 13.1. The molecule has 13 heteroatoms. The summed E-state index contributed by atoms with van der Waals surface area (Å²) in [4.78, 5) is 66.1. The lowest BCUT2D eigenvalue weighted by molar-refractivity contribution is -0.146. The van der Waals surface area contributed by atoms with Crippen LogP contribution in [0.4, 0.5) is 19.7 Å². The van der Waals surface area contributed by atoms with Gasteiger partial charge in [0, 0.05) is 12.3 Å². The van der Waals surface area contributed by atoms with E-state index in [9.17, 15) is 33.5 Å². The number of carboxylic acid groups (broad SMARTS) is 1. The van der Waals surface area contributed by atoms with Crippen LogP contribution in [0.3, 0.4) is 0 Å². The van der Waals surface area contributed by atoms with Gasteiger partial charge >= 0.3 is 18.2 Å². The first-order valence-electron chi connectivity index (χ1n) is 14.0. The number of halogens is 1. The van der Waals surface area contributed by atoms with Gasteiger partial charge in [-0.05, 0) is 57.2 Å². The number of anilines is 1. The van der Waals surface area contributed by atoms with Gasteiger partial charge in [0.25, 0.3) is 0 Å².